The molecule has 1 saturated heterocycles. The van der Waals surface area contributed by atoms with Crippen LogP contribution in [0.3, 0.4) is 0 Å². The van der Waals surface area contributed by atoms with Gasteiger partial charge in [0.1, 0.15) is 5.82 Å². The number of piperidine rings is 1. The highest BCUT2D eigenvalue weighted by atomic mass is 35.5. The van der Waals surface area contributed by atoms with Crippen LogP contribution in [0.2, 0.25) is 10.0 Å². The molecule has 2 aromatic rings. The summed E-state index contributed by atoms with van der Waals surface area (Å²) in [5.41, 5.74) is 0.745. The summed E-state index contributed by atoms with van der Waals surface area (Å²) in [4.78, 5) is 11.4. The molecule has 1 N–H and O–H groups in total. The lowest BCUT2D eigenvalue weighted by Crippen LogP contribution is -2.40. The second kappa shape index (κ2) is 7.37. The molecular formula is C17H20Cl2N4. The van der Waals surface area contributed by atoms with Gasteiger partial charge in [-0.05, 0) is 43.9 Å². The van der Waals surface area contributed by atoms with Crippen LogP contribution in [0.5, 0.6) is 0 Å². The van der Waals surface area contributed by atoms with Crippen LogP contribution in [0, 0.1) is 0 Å². The van der Waals surface area contributed by atoms with Crippen LogP contribution in [-0.2, 0) is 0 Å². The van der Waals surface area contributed by atoms with Gasteiger partial charge in [0, 0.05) is 18.8 Å². The van der Waals surface area contributed by atoms with Crippen molar-refractivity contribution in [1.82, 2.24) is 9.97 Å². The van der Waals surface area contributed by atoms with E-state index < -0.39 is 0 Å². The molecule has 1 aliphatic heterocycles. The minimum absolute atomic E-state index is 0.499. The molecule has 1 unspecified atom stereocenters. The number of aromatic nitrogens is 2. The summed E-state index contributed by atoms with van der Waals surface area (Å²) in [6, 6.07) is 7.86. The molecule has 1 atom stereocenters. The standard InChI is InChI=1S/C17H20Cl2N4/c1-2-12-6-3-4-11-23(12)17-20-10-9-15(22-17)21-14-8-5-7-13(18)16(14)19/h5,7-10,12H,2-4,6,11H2,1H3,(H,20,21,22). The SMILES string of the molecule is CCC1CCCCN1c1nccc(Nc2cccc(Cl)c2Cl)n1. The van der Waals surface area contributed by atoms with E-state index in [1.54, 1.807) is 12.3 Å². The molecule has 0 radical (unpaired) electrons. The summed E-state index contributed by atoms with van der Waals surface area (Å²) in [5, 5.41) is 4.25. The number of benzene rings is 1. The quantitative estimate of drug-likeness (QED) is 0.812. The summed E-state index contributed by atoms with van der Waals surface area (Å²) in [7, 11) is 0. The monoisotopic (exact) mass is 350 g/mol. The first-order valence-corrected chi connectivity index (χ1v) is 8.75. The lowest BCUT2D eigenvalue weighted by molar-refractivity contribution is 0.443. The average molecular weight is 351 g/mol. The van der Waals surface area contributed by atoms with Crippen molar-refractivity contribution in [3.8, 4) is 0 Å². The first kappa shape index (κ1) is 16.3. The lowest BCUT2D eigenvalue weighted by Gasteiger charge is -2.35. The van der Waals surface area contributed by atoms with Crippen molar-refractivity contribution in [3.63, 3.8) is 0 Å². The van der Waals surface area contributed by atoms with Gasteiger partial charge in [-0.1, -0.05) is 36.2 Å². The Kier molecular flexibility index (Phi) is 5.23. The molecule has 23 heavy (non-hydrogen) atoms. The third-order valence-corrected chi connectivity index (χ3v) is 5.03. The van der Waals surface area contributed by atoms with Crippen molar-refractivity contribution < 1.29 is 0 Å². The van der Waals surface area contributed by atoms with Crippen LogP contribution >= 0.6 is 23.2 Å². The fraction of sp³-hybridized carbons (Fsp3) is 0.412. The van der Waals surface area contributed by atoms with Gasteiger partial charge in [0.05, 0.1) is 15.7 Å². The Bertz CT molecular complexity index is 677. The summed E-state index contributed by atoms with van der Waals surface area (Å²) in [6.45, 7) is 3.23. The molecule has 0 saturated carbocycles. The van der Waals surface area contributed by atoms with Crippen molar-refractivity contribution in [1.29, 1.82) is 0 Å². The Morgan fingerprint density at radius 1 is 1.26 bits per heavy atom. The number of hydrogen-bond acceptors (Lipinski definition) is 4. The first-order valence-electron chi connectivity index (χ1n) is 7.99. The molecule has 0 amide bonds. The van der Waals surface area contributed by atoms with Gasteiger partial charge in [-0.25, -0.2) is 4.98 Å². The van der Waals surface area contributed by atoms with Crippen molar-refractivity contribution in [2.24, 2.45) is 0 Å². The molecular weight excluding hydrogens is 331 g/mol. The minimum Gasteiger partial charge on any atom is -0.339 e. The van der Waals surface area contributed by atoms with E-state index in [-0.39, 0.29) is 0 Å². The smallest absolute Gasteiger partial charge is 0.227 e. The number of nitrogens with zero attached hydrogens (tertiary/aromatic N) is 3. The fourth-order valence-electron chi connectivity index (χ4n) is 2.98. The molecule has 1 aliphatic rings. The van der Waals surface area contributed by atoms with Crippen molar-refractivity contribution in [2.75, 3.05) is 16.8 Å². The number of halogens is 2. The third-order valence-electron chi connectivity index (χ3n) is 4.21. The molecule has 1 fully saturated rings. The minimum atomic E-state index is 0.499. The maximum Gasteiger partial charge on any atom is 0.227 e. The van der Waals surface area contributed by atoms with Gasteiger partial charge < -0.3 is 10.2 Å². The summed E-state index contributed by atoms with van der Waals surface area (Å²) in [6.07, 6.45) is 6.58. The maximum atomic E-state index is 6.23. The summed E-state index contributed by atoms with van der Waals surface area (Å²) >= 11 is 12.3. The van der Waals surface area contributed by atoms with Crippen molar-refractivity contribution >= 4 is 40.7 Å². The van der Waals surface area contributed by atoms with Crippen LogP contribution in [0.15, 0.2) is 30.5 Å². The van der Waals surface area contributed by atoms with Gasteiger partial charge in [-0.2, -0.15) is 4.98 Å². The normalized spacial score (nSPS) is 18.0. The number of nitrogens with one attached hydrogen (secondary N) is 1. The van der Waals surface area contributed by atoms with Crippen molar-refractivity contribution in [3.05, 3.63) is 40.5 Å². The fourth-order valence-corrected chi connectivity index (χ4v) is 3.33. The Hall–Kier alpha value is -1.52. The molecule has 1 aromatic heterocycles. The predicted molar refractivity (Wildman–Crippen MR) is 97.1 cm³/mol. The zero-order chi connectivity index (χ0) is 16.2. The molecule has 0 bridgehead atoms. The van der Waals surface area contributed by atoms with E-state index in [1.807, 2.05) is 18.2 Å². The average Bonchev–Trinajstić information content (AvgIpc) is 2.59. The molecule has 6 heteroatoms. The Balaban J connectivity index is 1.83. The van der Waals surface area contributed by atoms with Crippen LogP contribution < -0.4 is 10.2 Å². The number of rotatable bonds is 4. The van der Waals surface area contributed by atoms with Crippen LogP contribution in [0.4, 0.5) is 17.5 Å². The predicted octanol–water partition coefficient (Wildman–Crippen LogP) is 5.30. The van der Waals surface area contributed by atoms with Crippen LogP contribution in [0.1, 0.15) is 32.6 Å². The van der Waals surface area contributed by atoms with Gasteiger partial charge in [0.15, 0.2) is 0 Å². The summed E-state index contributed by atoms with van der Waals surface area (Å²) in [5.74, 6) is 1.50. The van der Waals surface area contributed by atoms with Crippen LogP contribution in [0.25, 0.3) is 0 Å². The first-order chi connectivity index (χ1) is 11.2. The largest absolute Gasteiger partial charge is 0.339 e. The highest BCUT2D eigenvalue weighted by Gasteiger charge is 2.23. The van der Waals surface area contributed by atoms with E-state index in [4.69, 9.17) is 23.2 Å². The Labute approximate surface area is 146 Å². The molecule has 0 aliphatic carbocycles. The molecule has 1 aromatic carbocycles. The second-order valence-corrected chi connectivity index (χ2v) is 6.50. The van der Waals surface area contributed by atoms with E-state index in [0.29, 0.717) is 16.1 Å². The van der Waals surface area contributed by atoms with E-state index in [1.165, 1.54) is 19.3 Å². The van der Waals surface area contributed by atoms with E-state index in [0.717, 1.165) is 30.4 Å². The summed E-state index contributed by atoms with van der Waals surface area (Å²) < 4.78 is 0. The zero-order valence-electron chi connectivity index (χ0n) is 13.1. The van der Waals surface area contributed by atoms with E-state index >= 15 is 0 Å². The third kappa shape index (κ3) is 3.70. The van der Waals surface area contributed by atoms with Gasteiger partial charge in [0.25, 0.3) is 0 Å². The molecule has 122 valence electrons. The van der Waals surface area contributed by atoms with Gasteiger partial charge >= 0.3 is 0 Å². The van der Waals surface area contributed by atoms with Gasteiger partial charge in [0.2, 0.25) is 5.95 Å². The number of anilines is 3. The Morgan fingerprint density at radius 3 is 2.96 bits per heavy atom. The lowest BCUT2D eigenvalue weighted by atomic mass is 10.0. The molecule has 2 heterocycles. The van der Waals surface area contributed by atoms with Gasteiger partial charge in [-0.15, -0.1) is 0 Å². The topological polar surface area (TPSA) is 41.1 Å². The molecule has 0 spiro atoms. The zero-order valence-corrected chi connectivity index (χ0v) is 14.6. The van der Waals surface area contributed by atoms with Gasteiger partial charge in [-0.3, -0.25) is 0 Å². The second-order valence-electron chi connectivity index (χ2n) is 5.72. The highest BCUT2D eigenvalue weighted by Crippen LogP contribution is 2.32. The molecule has 4 nitrogen and oxygen atoms in total. The highest BCUT2D eigenvalue weighted by molar-refractivity contribution is 6.43. The van der Waals surface area contributed by atoms with Crippen molar-refractivity contribution in [2.45, 2.75) is 38.6 Å². The maximum absolute atomic E-state index is 6.23. The number of hydrogen-bond donors (Lipinski definition) is 1. The Morgan fingerprint density at radius 2 is 2.13 bits per heavy atom. The van der Waals surface area contributed by atoms with Crippen LogP contribution in [-0.4, -0.2) is 22.6 Å². The molecule has 3 rings (SSSR count). The van der Waals surface area contributed by atoms with E-state index in [9.17, 15) is 0 Å². The van der Waals surface area contributed by atoms with E-state index in [2.05, 4.69) is 27.1 Å².